The fourth-order valence-corrected chi connectivity index (χ4v) is 1.75. The summed E-state index contributed by atoms with van der Waals surface area (Å²) in [5.41, 5.74) is 2.65. The van der Waals surface area contributed by atoms with Crippen molar-refractivity contribution in [2.24, 2.45) is 5.10 Å². The number of carbonyl (C=O) groups excluding carboxylic acids is 2. The van der Waals surface area contributed by atoms with E-state index < -0.39 is 11.8 Å². The first-order chi connectivity index (χ1) is 11.6. The number of carbonyl (C=O) groups is 2. The zero-order valence-electron chi connectivity index (χ0n) is 12.0. The molecule has 0 radical (unpaired) electrons. The molecule has 129 valence electrons. The van der Waals surface area contributed by atoms with Crippen LogP contribution in [0.5, 0.6) is 5.75 Å². The van der Waals surface area contributed by atoms with Crippen LogP contribution in [0.2, 0.25) is 0 Å². The molecule has 2 aromatic carbocycles. The molecule has 3 N–H and O–H groups in total. The van der Waals surface area contributed by atoms with E-state index in [1.54, 1.807) is 42.5 Å². The first kappa shape index (κ1) is 19.9. The maximum absolute atomic E-state index is 11.8. The third-order valence-electron chi connectivity index (χ3n) is 2.66. The SMILES string of the molecule is O=C(N/C([S-])=N/NC(=O)c1ccccc1O)c1ccccc1.[Cl][Cu+]. The molecule has 0 aromatic heterocycles. The second kappa shape index (κ2) is 10.6. The Balaban J connectivity index is 0.00000139. The molecule has 9 heteroatoms. The molecule has 0 atom stereocenters. The summed E-state index contributed by atoms with van der Waals surface area (Å²) in [7, 11) is 4.20. The average molecular weight is 413 g/mol. The number of benzene rings is 2. The molecule has 24 heavy (non-hydrogen) atoms. The Hall–Kier alpha value is -2.12. The standard InChI is InChI=1S/C15H13N3O3S.ClH.Cu/c19-12-9-5-4-8-11(12)14(21)17-18-15(22)16-13(20)10-6-2-1-3-7-10;;/h1-9,19H,(H,17,21)(H2,16,18,20,22);1H;/q;;+2/p-2. The van der Waals surface area contributed by atoms with Crippen LogP contribution in [0.25, 0.3) is 0 Å². The average Bonchev–Trinajstić information content (AvgIpc) is 2.62. The number of nitrogens with one attached hydrogen (secondary N) is 2. The molecule has 0 aliphatic heterocycles. The number of aromatic hydroxyl groups is 1. The van der Waals surface area contributed by atoms with Gasteiger partial charge in [-0.15, -0.1) is 0 Å². The predicted molar refractivity (Wildman–Crippen MR) is 90.1 cm³/mol. The van der Waals surface area contributed by atoms with Crippen molar-refractivity contribution in [1.29, 1.82) is 0 Å². The monoisotopic (exact) mass is 412 g/mol. The molecule has 2 rings (SSSR count). The number of para-hydroxylation sites is 1. The van der Waals surface area contributed by atoms with Crippen molar-refractivity contribution in [3.05, 3.63) is 65.7 Å². The van der Waals surface area contributed by atoms with Gasteiger partial charge in [-0.25, -0.2) is 5.43 Å². The van der Waals surface area contributed by atoms with E-state index in [9.17, 15) is 14.7 Å². The topological polar surface area (TPSA) is 90.8 Å². The van der Waals surface area contributed by atoms with Crippen LogP contribution in [0, 0.1) is 0 Å². The normalized spacial score (nSPS) is 10.2. The van der Waals surface area contributed by atoms with Crippen molar-refractivity contribution in [3.63, 3.8) is 0 Å². The molecule has 0 aliphatic carbocycles. The number of hydrogen-bond donors (Lipinski definition) is 3. The Bertz CT molecular complexity index is 729. The van der Waals surface area contributed by atoms with Crippen LogP contribution in [0.1, 0.15) is 20.7 Å². The van der Waals surface area contributed by atoms with Crippen molar-refractivity contribution in [2.75, 3.05) is 0 Å². The van der Waals surface area contributed by atoms with E-state index in [1.807, 2.05) is 0 Å². The van der Waals surface area contributed by atoms with Crippen LogP contribution in [-0.2, 0) is 27.7 Å². The molecule has 6 nitrogen and oxygen atoms in total. The molecule has 0 unspecified atom stereocenters. The molecule has 0 saturated heterocycles. The van der Waals surface area contributed by atoms with Gasteiger partial charge in [0, 0.05) is 10.7 Å². The van der Waals surface area contributed by atoms with Crippen molar-refractivity contribution >= 4 is 39.7 Å². The number of phenols is 1. The zero-order valence-corrected chi connectivity index (χ0v) is 14.5. The first-order valence-electron chi connectivity index (χ1n) is 6.39. The first-order valence-corrected chi connectivity index (χ1v) is 8.09. The van der Waals surface area contributed by atoms with Gasteiger partial charge < -0.3 is 23.1 Å². The van der Waals surface area contributed by atoms with Gasteiger partial charge >= 0.3 is 25.2 Å². The van der Waals surface area contributed by atoms with E-state index in [0.29, 0.717) is 5.56 Å². The Morgan fingerprint density at radius 2 is 1.58 bits per heavy atom. The summed E-state index contributed by atoms with van der Waals surface area (Å²) in [6.45, 7) is 0. The van der Waals surface area contributed by atoms with Gasteiger partial charge in [0.25, 0.3) is 11.8 Å². The maximum atomic E-state index is 11.8. The summed E-state index contributed by atoms with van der Waals surface area (Å²) in [5.74, 6) is -1.23. The summed E-state index contributed by atoms with van der Waals surface area (Å²) in [4.78, 5) is 23.6. The number of hydrogen-bond acceptors (Lipinski definition) is 5. The van der Waals surface area contributed by atoms with Crippen LogP contribution in [0.3, 0.4) is 0 Å². The van der Waals surface area contributed by atoms with Gasteiger partial charge in [-0.1, -0.05) is 30.3 Å². The molecular formula is C15H12ClCuN3O3S. The van der Waals surface area contributed by atoms with Gasteiger partial charge in [-0.2, -0.15) is 5.10 Å². The van der Waals surface area contributed by atoms with Crippen LogP contribution in [-0.4, -0.2) is 22.1 Å². The minimum absolute atomic E-state index is 0.0587. The van der Waals surface area contributed by atoms with Crippen LogP contribution in [0.15, 0.2) is 59.7 Å². The van der Waals surface area contributed by atoms with Crippen molar-refractivity contribution in [3.8, 4) is 5.75 Å². The number of nitrogens with zero attached hydrogens (tertiary/aromatic N) is 1. The Labute approximate surface area is 156 Å². The van der Waals surface area contributed by atoms with Gasteiger partial charge in [-0.3, -0.25) is 9.59 Å². The van der Waals surface area contributed by atoms with Gasteiger partial charge in [0.2, 0.25) is 0 Å². The predicted octanol–water partition coefficient (Wildman–Crippen LogP) is 2.06. The number of rotatable bonds is 3. The summed E-state index contributed by atoms with van der Waals surface area (Å²) < 4.78 is 0. The molecule has 0 heterocycles. The number of hydrazone groups is 1. The van der Waals surface area contributed by atoms with E-state index in [4.69, 9.17) is 12.6 Å². The van der Waals surface area contributed by atoms with Gasteiger partial charge in [0.05, 0.1) is 5.56 Å². The number of amides is 2. The third kappa shape index (κ3) is 6.17. The van der Waals surface area contributed by atoms with Crippen LogP contribution >= 0.6 is 10.1 Å². The molecule has 2 aromatic rings. The van der Waals surface area contributed by atoms with Gasteiger partial charge in [-0.05, 0) is 24.3 Å². The number of halogens is 1. The summed E-state index contributed by atoms with van der Waals surface area (Å²) in [5, 5.41) is 15.3. The molecule has 0 aliphatic rings. The third-order valence-corrected chi connectivity index (χ3v) is 2.86. The fourth-order valence-electron chi connectivity index (χ4n) is 1.61. The van der Waals surface area contributed by atoms with E-state index in [0.717, 1.165) is 0 Å². The van der Waals surface area contributed by atoms with Gasteiger partial charge in [0.15, 0.2) is 0 Å². The number of amidine groups is 1. The van der Waals surface area contributed by atoms with Gasteiger partial charge in [0.1, 0.15) is 5.75 Å². The van der Waals surface area contributed by atoms with E-state index in [1.165, 1.54) is 12.1 Å². The fraction of sp³-hybridized carbons (Fsp3) is 0. The second-order valence-corrected chi connectivity index (χ2v) is 4.58. The second-order valence-electron chi connectivity index (χ2n) is 4.20. The summed E-state index contributed by atoms with van der Waals surface area (Å²) in [6, 6.07) is 14.5. The van der Waals surface area contributed by atoms with Crippen LogP contribution in [0.4, 0.5) is 0 Å². The van der Waals surface area contributed by atoms with Crippen LogP contribution < -0.4 is 10.7 Å². The van der Waals surface area contributed by atoms with Crippen molar-refractivity contribution < 1.29 is 29.8 Å². The molecule has 0 bridgehead atoms. The summed E-state index contributed by atoms with van der Waals surface area (Å²) >= 11 is 8.52. The molecule has 0 spiro atoms. The Morgan fingerprint density at radius 1 is 1.00 bits per heavy atom. The molecular weight excluding hydrogens is 401 g/mol. The van der Waals surface area contributed by atoms with E-state index >= 15 is 0 Å². The molecule has 2 amide bonds. The quantitative estimate of drug-likeness (QED) is 0.236. The van der Waals surface area contributed by atoms with Crippen molar-refractivity contribution in [1.82, 2.24) is 10.7 Å². The summed E-state index contributed by atoms with van der Waals surface area (Å²) in [6.07, 6.45) is 0. The zero-order chi connectivity index (χ0) is 17.9. The molecule has 0 saturated carbocycles. The Morgan fingerprint density at radius 3 is 2.21 bits per heavy atom. The Kier molecular flexibility index (Phi) is 8.81. The number of phenolic OH excluding ortho intramolecular Hbond substituents is 1. The van der Waals surface area contributed by atoms with Crippen molar-refractivity contribution in [2.45, 2.75) is 0 Å². The minimum atomic E-state index is -0.630. The van der Waals surface area contributed by atoms with E-state index in [-0.39, 0.29) is 16.5 Å². The van der Waals surface area contributed by atoms with E-state index in [2.05, 4.69) is 41.0 Å². The molecule has 0 fully saturated rings.